The van der Waals surface area contributed by atoms with E-state index < -0.39 is 0 Å². The largest absolute Gasteiger partial charge is 0.494 e. The standard InChI is InChI=1S/C21H25NO3S/c1-4-16-6-9-19(10-7-16)22-21(24)14-26-13-18-12-17(15(3)23)8-11-20(18)25-5-2/h6-12H,4-5,13-14H2,1-3H3,(H,22,24). The van der Waals surface area contributed by atoms with Gasteiger partial charge in [0, 0.05) is 22.6 Å². The lowest BCUT2D eigenvalue weighted by atomic mass is 10.1. The molecule has 138 valence electrons. The molecular weight excluding hydrogens is 346 g/mol. The first kappa shape index (κ1) is 20.0. The topological polar surface area (TPSA) is 55.4 Å². The summed E-state index contributed by atoms with van der Waals surface area (Å²) < 4.78 is 5.62. The average molecular weight is 372 g/mol. The van der Waals surface area contributed by atoms with Gasteiger partial charge in [0.25, 0.3) is 0 Å². The van der Waals surface area contributed by atoms with Gasteiger partial charge in [-0.15, -0.1) is 11.8 Å². The highest BCUT2D eigenvalue weighted by Crippen LogP contribution is 2.25. The van der Waals surface area contributed by atoms with E-state index in [9.17, 15) is 9.59 Å². The molecule has 0 fully saturated rings. The summed E-state index contributed by atoms with van der Waals surface area (Å²) in [7, 11) is 0. The Morgan fingerprint density at radius 3 is 2.42 bits per heavy atom. The summed E-state index contributed by atoms with van der Waals surface area (Å²) in [6.45, 7) is 6.13. The van der Waals surface area contributed by atoms with Crippen molar-refractivity contribution in [2.45, 2.75) is 32.9 Å². The van der Waals surface area contributed by atoms with Crippen LogP contribution < -0.4 is 10.1 Å². The molecule has 0 radical (unpaired) electrons. The van der Waals surface area contributed by atoms with E-state index in [4.69, 9.17) is 4.74 Å². The first-order chi connectivity index (χ1) is 12.5. The van der Waals surface area contributed by atoms with Crippen LogP contribution >= 0.6 is 11.8 Å². The molecule has 0 saturated heterocycles. The number of benzene rings is 2. The normalized spacial score (nSPS) is 10.4. The number of rotatable bonds is 9. The third kappa shape index (κ3) is 5.92. The number of carbonyl (C=O) groups is 2. The lowest BCUT2D eigenvalue weighted by molar-refractivity contribution is -0.113. The Kier molecular flexibility index (Phi) is 7.73. The minimum absolute atomic E-state index is 0.0209. The highest BCUT2D eigenvalue weighted by Gasteiger charge is 2.10. The first-order valence-electron chi connectivity index (χ1n) is 8.76. The number of Topliss-reactive ketones (excluding diaryl/α,β-unsaturated/α-hetero) is 1. The molecule has 1 amide bonds. The average Bonchev–Trinajstić information content (AvgIpc) is 2.63. The molecule has 26 heavy (non-hydrogen) atoms. The van der Waals surface area contributed by atoms with Gasteiger partial charge in [-0.2, -0.15) is 0 Å². The van der Waals surface area contributed by atoms with Crippen LogP contribution in [0.5, 0.6) is 5.75 Å². The zero-order valence-corrected chi connectivity index (χ0v) is 16.3. The zero-order chi connectivity index (χ0) is 18.9. The number of anilines is 1. The second kappa shape index (κ2) is 10.0. The Morgan fingerprint density at radius 1 is 1.08 bits per heavy atom. The van der Waals surface area contributed by atoms with E-state index in [0.717, 1.165) is 23.4 Å². The minimum Gasteiger partial charge on any atom is -0.494 e. The number of ketones is 1. The molecule has 0 aliphatic rings. The highest BCUT2D eigenvalue weighted by molar-refractivity contribution is 7.99. The summed E-state index contributed by atoms with van der Waals surface area (Å²) in [5.41, 5.74) is 3.64. The predicted octanol–water partition coefficient (Wildman–Crippen LogP) is 4.72. The maximum absolute atomic E-state index is 12.1. The number of amides is 1. The Bertz CT molecular complexity index is 756. The second-order valence-electron chi connectivity index (χ2n) is 5.90. The molecule has 0 aromatic heterocycles. The number of hydrogen-bond acceptors (Lipinski definition) is 4. The Hall–Kier alpha value is -2.27. The lowest BCUT2D eigenvalue weighted by Crippen LogP contribution is -2.14. The Morgan fingerprint density at radius 2 is 1.81 bits per heavy atom. The van der Waals surface area contributed by atoms with E-state index in [1.165, 1.54) is 17.3 Å². The molecule has 0 spiro atoms. The van der Waals surface area contributed by atoms with Crippen LogP contribution in [0.4, 0.5) is 5.69 Å². The van der Waals surface area contributed by atoms with E-state index in [1.54, 1.807) is 13.0 Å². The van der Waals surface area contributed by atoms with Crippen molar-refractivity contribution in [3.8, 4) is 5.75 Å². The summed E-state index contributed by atoms with van der Waals surface area (Å²) in [6.07, 6.45) is 0.978. The number of carbonyl (C=O) groups excluding carboxylic acids is 2. The van der Waals surface area contributed by atoms with Gasteiger partial charge in [0.05, 0.1) is 12.4 Å². The van der Waals surface area contributed by atoms with Crippen LogP contribution in [0.2, 0.25) is 0 Å². The van der Waals surface area contributed by atoms with Crippen molar-refractivity contribution in [2.75, 3.05) is 17.7 Å². The SMILES string of the molecule is CCOc1ccc(C(C)=O)cc1CSCC(=O)Nc1ccc(CC)cc1. The molecule has 2 aromatic rings. The summed E-state index contributed by atoms with van der Waals surface area (Å²) >= 11 is 1.50. The Labute approximate surface area is 159 Å². The number of nitrogens with one attached hydrogen (secondary N) is 1. The van der Waals surface area contributed by atoms with Crippen LogP contribution in [0.25, 0.3) is 0 Å². The van der Waals surface area contributed by atoms with Crippen molar-refractivity contribution in [3.63, 3.8) is 0 Å². The predicted molar refractivity (Wildman–Crippen MR) is 108 cm³/mol. The maximum Gasteiger partial charge on any atom is 0.234 e. The second-order valence-corrected chi connectivity index (χ2v) is 6.89. The van der Waals surface area contributed by atoms with Crippen LogP contribution in [-0.4, -0.2) is 24.1 Å². The van der Waals surface area contributed by atoms with E-state index in [2.05, 4.69) is 12.2 Å². The molecule has 5 heteroatoms. The van der Waals surface area contributed by atoms with Gasteiger partial charge in [-0.05, 0) is 56.2 Å². The van der Waals surface area contributed by atoms with Gasteiger partial charge in [0.15, 0.2) is 5.78 Å². The minimum atomic E-state index is -0.0417. The maximum atomic E-state index is 12.1. The molecule has 0 bridgehead atoms. The molecule has 0 atom stereocenters. The van der Waals surface area contributed by atoms with Crippen molar-refractivity contribution in [1.82, 2.24) is 0 Å². The Balaban J connectivity index is 1.92. The molecule has 2 aromatic carbocycles. The number of hydrogen-bond donors (Lipinski definition) is 1. The van der Waals surface area contributed by atoms with Crippen molar-refractivity contribution >= 4 is 29.1 Å². The summed E-state index contributed by atoms with van der Waals surface area (Å²) in [5.74, 6) is 1.69. The lowest BCUT2D eigenvalue weighted by Gasteiger charge is -2.11. The number of thioether (sulfide) groups is 1. The quantitative estimate of drug-likeness (QED) is 0.648. The zero-order valence-electron chi connectivity index (χ0n) is 15.5. The van der Waals surface area contributed by atoms with E-state index in [-0.39, 0.29) is 11.7 Å². The first-order valence-corrected chi connectivity index (χ1v) is 9.92. The van der Waals surface area contributed by atoms with E-state index in [0.29, 0.717) is 23.7 Å². The van der Waals surface area contributed by atoms with Crippen LogP contribution in [0.15, 0.2) is 42.5 Å². The van der Waals surface area contributed by atoms with Gasteiger partial charge in [-0.25, -0.2) is 0 Å². The molecule has 0 aliphatic heterocycles. The highest BCUT2D eigenvalue weighted by atomic mass is 32.2. The smallest absolute Gasteiger partial charge is 0.234 e. The monoisotopic (exact) mass is 371 g/mol. The third-order valence-electron chi connectivity index (χ3n) is 3.90. The fraction of sp³-hybridized carbons (Fsp3) is 0.333. The van der Waals surface area contributed by atoms with Gasteiger partial charge in [0.2, 0.25) is 5.91 Å². The van der Waals surface area contributed by atoms with Crippen LogP contribution in [0.3, 0.4) is 0 Å². The van der Waals surface area contributed by atoms with Crippen LogP contribution in [-0.2, 0) is 17.0 Å². The van der Waals surface area contributed by atoms with Gasteiger partial charge in [-0.1, -0.05) is 19.1 Å². The molecular formula is C21H25NO3S. The third-order valence-corrected chi connectivity index (χ3v) is 4.88. The summed E-state index contributed by atoms with van der Waals surface area (Å²) in [5, 5.41) is 2.90. The van der Waals surface area contributed by atoms with E-state index in [1.807, 2.05) is 43.3 Å². The van der Waals surface area contributed by atoms with Crippen LogP contribution in [0.1, 0.15) is 42.3 Å². The van der Waals surface area contributed by atoms with Gasteiger partial charge in [-0.3, -0.25) is 9.59 Å². The van der Waals surface area contributed by atoms with Gasteiger partial charge in [0.1, 0.15) is 5.75 Å². The molecule has 1 N–H and O–H groups in total. The van der Waals surface area contributed by atoms with Crippen molar-refractivity contribution in [3.05, 3.63) is 59.2 Å². The molecule has 0 heterocycles. The molecule has 4 nitrogen and oxygen atoms in total. The van der Waals surface area contributed by atoms with Crippen LogP contribution in [0, 0.1) is 0 Å². The van der Waals surface area contributed by atoms with Crippen molar-refractivity contribution in [2.24, 2.45) is 0 Å². The molecule has 0 unspecified atom stereocenters. The summed E-state index contributed by atoms with van der Waals surface area (Å²) in [6, 6.07) is 13.3. The molecule has 0 saturated carbocycles. The van der Waals surface area contributed by atoms with Crippen molar-refractivity contribution in [1.29, 1.82) is 0 Å². The van der Waals surface area contributed by atoms with Gasteiger partial charge >= 0.3 is 0 Å². The molecule has 0 aliphatic carbocycles. The molecule has 2 rings (SSSR count). The summed E-state index contributed by atoms with van der Waals surface area (Å²) in [4.78, 5) is 23.7. The number of ether oxygens (including phenoxy) is 1. The fourth-order valence-corrected chi connectivity index (χ4v) is 3.29. The van der Waals surface area contributed by atoms with Crippen molar-refractivity contribution < 1.29 is 14.3 Å². The van der Waals surface area contributed by atoms with E-state index >= 15 is 0 Å². The fourth-order valence-electron chi connectivity index (χ4n) is 2.48. The number of aryl methyl sites for hydroxylation is 1. The van der Waals surface area contributed by atoms with Gasteiger partial charge < -0.3 is 10.1 Å².